The van der Waals surface area contributed by atoms with Gasteiger partial charge in [0.05, 0.1) is 0 Å². The van der Waals surface area contributed by atoms with Gasteiger partial charge in [0.15, 0.2) is 0 Å². The monoisotopic (exact) mass is 247 g/mol. The van der Waals surface area contributed by atoms with Gasteiger partial charge in [-0.2, -0.15) is 0 Å². The molecule has 3 N–H and O–H groups in total. The second kappa shape index (κ2) is 5.40. The highest BCUT2D eigenvalue weighted by Gasteiger charge is 2.27. The molecule has 18 heavy (non-hydrogen) atoms. The van der Waals surface area contributed by atoms with Crippen LogP contribution in [0.3, 0.4) is 0 Å². The van der Waals surface area contributed by atoms with E-state index >= 15 is 0 Å². The zero-order valence-electron chi connectivity index (χ0n) is 11.0. The minimum Gasteiger partial charge on any atom is -0.358 e. The first-order valence-electron chi connectivity index (χ1n) is 6.54. The molecule has 1 aliphatic heterocycles. The van der Waals surface area contributed by atoms with Gasteiger partial charge >= 0.3 is 0 Å². The van der Waals surface area contributed by atoms with Crippen LogP contribution in [0.2, 0.25) is 0 Å². The number of hydrogen-bond donors (Lipinski definition) is 2. The Hall–Kier alpha value is -1.55. The second-order valence-corrected chi connectivity index (χ2v) is 4.73. The van der Waals surface area contributed by atoms with Crippen LogP contribution in [0.5, 0.6) is 0 Å². The van der Waals surface area contributed by atoms with Gasteiger partial charge in [0, 0.05) is 24.8 Å². The smallest absolute Gasteiger partial charge is 0.242 e. The Balaban J connectivity index is 2.35. The first-order chi connectivity index (χ1) is 8.65. The Bertz CT molecular complexity index is 433. The molecule has 2 unspecified atom stereocenters. The van der Waals surface area contributed by atoms with Gasteiger partial charge in [-0.05, 0) is 25.0 Å². The summed E-state index contributed by atoms with van der Waals surface area (Å²) in [6, 6.07) is 8.01. The highest BCUT2D eigenvalue weighted by Crippen LogP contribution is 2.28. The predicted octanol–water partition coefficient (Wildman–Crippen LogP) is 1.42. The molecule has 1 fully saturated rings. The summed E-state index contributed by atoms with van der Waals surface area (Å²) in [5, 5.41) is 2.88. The van der Waals surface area contributed by atoms with Crippen LogP contribution in [-0.2, 0) is 4.79 Å². The van der Waals surface area contributed by atoms with Gasteiger partial charge in [0.2, 0.25) is 5.91 Å². The highest BCUT2D eigenvalue weighted by atomic mass is 16.2. The molecule has 2 rings (SSSR count). The first-order valence-corrected chi connectivity index (χ1v) is 6.54. The molecule has 98 valence electrons. The number of rotatable bonds is 3. The lowest BCUT2D eigenvalue weighted by atomic mass is 10.0. The van der Waals surface area contributed by atoms with Gasteiger partial charge < -0.3 is 16.0 Å². The van der Waals surface area contributed by atoms with Crippen LogP contribution in [0.15, 0.2) is 24.3 Å². The maximum atomic E-state index is 11.7. The fourth-order valence-electron chi connectivity index (χ4n) is 2.39. The molecular weight excluding hydrogens is 226 g/mol. The van der Waals surface area contributed by atoms with Gasteiger partial charge in [-0.1, -0.05) is 25.1 Å². The Labute approximate surface area is 108 Å². The molecule has 1 amide bonds. The molecule has 0 aliphatic carbocycles. The molecule has 0 aromatic heterocycles. The van der Waals surface area contributed by atoms with Crippen LogP contribution >= 0.6 is 0 Å². The lowest BCUT2D eigenvalue weighted by molar-refractivity contribution is -0.122. The van der Waals surface area contributed by atoms with Crippen molar-refractivity contribution in [1.29, 1.82) is 0 Å². The zero-order chi connectivity index (χ0) is 13.1. The molecule has 1 heterocycles. The summed E-state index contributed by atoms with van der Waals surface area (Å²) in [4.78, 5) is 13.9. The summed E-state index contributed by atoms with van der Waals surface area (Å²) in [6.07, 6.45) is 0.894. The molecule has 1 aromatic carbocycles. The average molecular weight is 247 g/mol. The number of piperazine rings is 1. The number of anilines is 1. The third-order valence-corrected chi connectivity index (χ3v) is 3.58. The van der Waals surface area contributed by atoms with Crippen molar-refractivity contribution in [3.63, 3.8) is 0 Å². The number of nitrogens with two attached hydrogens (primary N) is 1. The quantitative estimate of drug-likeness (QED) is 0.849. The molecule has 1 aromatic rings. The first kappa shape index (κ1) is 12.9. The molecule has 2 atom stereocenters. The Morgan fingerprint density at radius 3 is 2.94 bits per heavy atom. The van der Waals surface area contributed by atoms with Crippen LogP contribution in [0.1, 0.15) is 31.9 Å². The number of carbonyl (C=O) groups excluding carboxylic acids is 1. The Morgan fingerprint density at radius 2 is 2.22 bits per heavy atom. The average Bonchev–Trinajstić information content (AvgIpc) is 2.41. The van der Waals surface area contributed by atoms with Crippen molar-refractivity contribution < 1.29 is 4.79 Å². The predicted molar refractivity (Wildman–Crippen MR) is 73.5 cm³/mol. The maximum absolute atomic E-state index is 11.7. The number of hydrogen-bond acceptors (Lipinski definition) is 3. The van der Waals surface area contributed by atoms with Gasteiger partial charge in [0.1, 0.15) is 6.04 Å². The van der Waals surface area contributed by atoms with E-state index in [2.05, 4.69) is 29.3 Å². The van der Waals surface area contributed by atoms with E-state index in [1.807, 2.05) is 19.1 Å². The summed E-state index contributed by atoms with van der Waals surface area (Å²) < 4.78 is 0. The maximum Gasteiger partial charge on any atom is 0.242 e. The molecule has 0 spiro atoms. The molecule has 0 radical (unpaired) electrons. The summed E-state index contributed by atoms with van der Waals surface area (Å²) in [7, 11) is 0. The van der Waals surface area contributed by atoms with Gasteiger partial charge in [0.25, 0.3) is 0 Å². The van der Waals surface area contributed by atoms with E-state index in [9.17, 15) is 4.79 Å². The van der Waals surface area contributed by atoms with Crippen molar-refractivity contribution in [3.05, 3.63) is 29.8 Å². The summed E-state index contributed by atoms with van der Waals surface area (Å²) >= 11 is 0. The lowest BCUT2D eigenvalue weighted by Crippen LogP contribution is -2.54. The van der Waals surface area contributed by atoms with E-state index < -0.39 is 0 Å². The molecule has 4 nitrogen and oxygen atoms in total. The Kier molecular flexibility index (Phi) is 3.87. The van der Waals surface area contributed by atoms with E-state index in [1.165, 1.54) is 0 Å². The van der Waals surface area contributed by atoms with Crippen LogP contribution < -0.4 is 16.0 Å². The minimum absolute atomic E-state index is 0.0263. The minimum atomic E-state index is -0.135. The Morgan fingerprint density at radius 1 is 1.50 bits per heavy atom. The number of nitrogens with one attached hydrogen (secondary N) is 1. The SMILES string of the molecule is CCC(N)c1ccccc1N1CCNC(=O)C1C. The van der Waals surface area contributed by atoms with Crippen molar-refractivity contribution in [2.24, 2.45) is 5.73 Å². The fraction of sp³-hybridized carbons (Fsp3) is 0.500. The lowest BCUT2D eigenvalue weighted by Gasteiger charge is -2.36. The van der Waals surface area contributed by atoms with Crippen molar-refractivity contribution in [3.8, 4) is 0 Å². The van der Waals surface area contributed by atoms with Crippen molar-refractivity contribution in [1.82, 2.24) is 5.32 Å². The van der Waals surface area contributed by atoms with Crippen LogP contribution in [0, 0.1) is 0 Å². The zero-order valence-corrected chi connectivity index (χ0v) is 11.0. The van der Waals surface area contributed by atoms with Gasteiger partial charge in [-0.25, -0.2) is 0 Å². The molecule has 4 heteroatoms. The molecule has 0 bridgehead atoms. The van der Waals surface area contributed by atoms with Gasteiger partial charge in [-0.15, -0.1) is 0 Å². The van der Waals surface area contributed by atoms with Crippen molar-refractivity contribution in [2.45, 2.75) is 32.4 Å². The third-order valence-electron chi connectivity index (χ3n) is 3.58. The van der Waals surface area contributed by atoms with E-state index in [0.717, 1.165) is 24.2 Å². The van der Waals surface area contributed by atoms with Crippen molar-refractivity contribution in [2.75, 3.05) is 18.0 Å². The number of benzene rings is 1. The number of para-hydroxylation sites is 1. The number of carbonyl (C=O) groups is 1. The topological polar surface area (TPSA) is 58.4 Å². The van der Waals surface area contributed by atoms with Crippen molar-refractivity contribution >= 4 is 11.6 Å². The summed E-state index contributed by atoms with van der Waals surface area (Å²) in [6.45, 7) is 5.54. The number of nitrogens with zero attached hydrogens (tertiary/aromatic N) is 1. The van der Waals surface area contributed by atoms with E-state index in [4.69, 9.17) is 5.73 Å². The van der Waals surface area contributed by atoms with Crippen LogP contribution in [0.25, 0.3) is 0 Å². The van der Waals surface area contributed by atoms with Crippen LogP contribution in [-0.4, -0.2) is 25.0 Å². The van der Waals surface area contributed by atoms with Gasteiger partial charge in [-0.3, -0.25) is 4.79 Å². The normalized spacial score (nSPS) is 21.6. The van der Waals surface area contributed by atoms with E-state index in [0.29, 0.717) is 6.54 Å². The largest absolute Gasteiger partial charge is 0.358 e. The standard InChI is InChI=1S/C14H21N3O/c1-3-12(15)11-6-4-5-7-13(11)17-9-8-16-14(18)10(17)2/h4-7,10,12H,3,8-9,15H2,1-2H3,(H,16,18). The molecule has 0 saturated carbocycles. The second-order valence-electron chi connectivity index (χ2n) is 4.73. The summed E-state index contributed by atoms with van der Waals surface area (Å²) in [5.74, 6) is 0.0844. The summed E-state index contributed by atoms with van der Waals surface area (Å²) in [5.41, 5.74) is 8.37. The molecule has 1 saturated heterocycles. The van der Waals surface area contributed by atoms with E-state index in [1.54, 1.807) is 0 Å². The molecular formula is C14H21N3O. The third kappa shape index (κ3) is 2.34. The van der Waals surface area contributed by atoms with E-state index in [-0.39, 0.29) is 18.0 Å². The van der Waals surface area contributed by atoms with Crippen LogP contribution in [0.4, 0.5) is 5.69 Å². The fourth-order valence-corrected chi connectivity index (χ4v) is 2.39. The number of amides is 1. The highest BCUT2D eigenvalue weighted by molar-refractivity contribution is 5.86. The molecule has 1 aliphatic rings.